The minimum absolute atomic E-state index is 0.110. The number of aryl methyl sites for hydroxylation is 1. The van der Waals surface area contributed by atoms with Crippen molar-refractivity contribution in [1.29, 1.82) is 0 Å². The van der Waals surface area contributed by atoms with Gasteiger partial charge in [-0.3, -0.25) is 24.5 Å². The molecule has 0 saturated carbocycles. The van der Waals surface area contributed by atoms with E-state index in [1.807, 2.05) is 23.6 Å². The summed E-state index contributed by atoms with van der Waals surface area (Å²) >= 11 is 6.07. The van der Waals surface area contributed by atoms with Crippen molar-refractivity contribution in [3.05, 3.63) is 114 Å². The molecule has 0 unspecified atom stereocenters. The number of rotatable bonds is 5. The van der Waals surface area contributed by atoms with Crippen LogP contribution in [0.4, 0.5) is 5.69 Å². The molecule has 0 atom stereocenters. The number of nitro groups is 1. The fraction of sp³-hybridized carbons (Fsp3) is 0.107. The highest BCUT2D eigenvalue weighted by Gasteiger charge is 2.24. The quantitative estimate of drug-likeness (QED) is 0.153. The lowest BCUT2D eigenvalue weighted by molar-refractivity contribution is -0.384. The van der Waals surface area contributed by atoms with E-state index in [0.29, 0.717) is 27.2 Å². The van der Waals surface area contributed by atoms with Crippen LogP contribution in [-0.4, -0.2) is 21.1 Å². The molecule has 37 heavy (non-hydrogen) atoms. The summed E-state index contributed by atoms with van der Waals surface area (Å²) in [4.78, 5) is 49.9. The Morgan fingerprint density at radius 1 is 0.946 bits per heavy atom. The van der Waals surface area contributed by atoms with Crippen molar-refractivity contribution >= 4 is 50.7 Å². The average molecular weight is 515 g/mol. The number of non-ortho nitro benzene ring substituents is 1. The second-order valence-corrected chi connectivity index (χ2v) is 9.13. The van der Waals surface area contributed by atoms with E-state index in [9.17, 15) is 24.5 Å². The smallest absolute Gasteiger partial charge is 0.269 e. The van der Waals surface area contributed by atoms with Crippen molar-refractivity contribution in [1.82, 2.24) is 4.57 Å². The zero-order valence-electron chi connectivity index (χ0n) is 20.0. The van der Waals surface area contributed by atoms with E-state index in [4.69, 9.17) is 16.0 Å². The first-order chi connectivity index (χ1) is 17.6. The fourth-order valence-corrected chi connectivity index (χ4v) is 4.85. The Morgan fingerprint density at radius 3 is 2.19 bits per heavy atom. The third-order valence-corrected chi connectivity index (χ3v) is 6.65. The Labute approximate surface area is 214 Å². The van der Waals surface area contributed by atoms with Gasteiger partial charge in [0.2, 0.25) is 5.43 Å². The fourth-order valence-electron chi connectivity index (χ4n) is 4.72. The van der Waals surface area contributed by atoms with E-state index in [2.05, 4.69) is 0 Å². The highest BCUT2D eigenvalue weighted by atomic mass is 35.5. The maximum Gasteiger partial charge on any atom is 0.269 e. The van der Waals surface area contributed by atoms with E-state index in [1.54, 1.807) is 24.3 Å². The van der Waals surface area contributed by atoms with Crippen molar-refractivity contribution < 1.29 is 18.9 Å². The summed E-state index contributed by atoms with van der Waals surface area (Å²) in [5, 5.41) is 12.3. The standard InChI is InChI=1S/C28H19ClN2O6/c1-14-25(15(2)32)21-13-24-22(12-23(21)30(14)19-10-6-18(29)7-11-19)28(34)26(16(3)37-24)27(33)17-4-8-20(9-5-17)31(35)36/h4-13H,1-3H3. The number of ketones is 2. The number of benzene rings is 3. The highest BCUT2D eigenvalue weighted by Crippen LogP contribution is 2.33. The molecule has 0 aliphatic carbocycles. The largest absolute Gasteiger partial charge is 0.460 e. The van der Waals surface area contributed by atoms with Crippen LogP contribution >= 0.6 is 11.6 Å². The van der Waals surface area contributed by atoms with Crippen LogP contribution < -0.4 is 5.43 Å². The SMILES string of the molecule is CC(=O)c1c(C)n(-c2ccc(Cl)cc2)c2cc3c(=O)c(C(=O)c4ccc([N+](=O)[O-])cc4)c(C)oc3cc12. The molecule has 0 aliphatic rings. The van der Waals surface area contributed by atoms with Gasteiger partial charge in [0, 0.05) is 45.0 Å². The van der Waals surface area contributed by atoms with Crippen LogP contribution in [0.25, 0.3) is 27.6 Å². The molecule has 2 heterocycles. The molecule has 9 heteroatoms. The second-order valence-electron chi connectivity index (χ2n) is 8.69. The highest BCUT2D eigenvalue weighted by molar-refractivity contribution is 6.30. The summed E-state index contributed by atoms with van der Waals surface area (Å²) in [6, 6.07) is 15.4. The van der Waals surface area contributed by atoms with Crippen molar-refractivity contribution in [2.24, 2.45) is 0 Å². The van der Waals surface area contributed by atoms with Crippen molar-refractivity contribution in [3.8, 4) is 5.69 Å². The molecule has 0 aliphatic heterocycles. The number of carbonyl (C=O) groups excluding carboxylic acids is 2. The molecule has 0 saturated heterocycles. The van der Waals surface area contributed by atoms with Gasteiger partial charge in [-0.15, -0.1) is 0 Å². The van der Waals surface area contributed by atoms with Gasteiger partial charge in [-0.25, -0.2) is 0 Å². The van der Waals surface area contributed by atoms with Crippen LogP contribution in [0, 0.1) is 24.0 Å². The minimum atomic E-state index is -0.600. The van der Waals surface area contributed by atoms with Crippen molar-refractivity contribution in [2.45, 2.75) is 20.8 Å². The lowest BCUT2D eigenvalue weighted by Gasteiger charge is -2.10. The van der Waals surface area contributed by atoms with Gasteiger partial charge in [-0.2, -0.15) is 0 Å². The molecule has 5 rings (SSSR count). The Hall–Kier alpha value is -4.56. The van der Waals surface area contributed by atoms with Crippen LogP contribution in [-0.2, 0) is 0 Å². The monoisotopic (exact) mass is 514 g/mol. The van der Waals surface area contributed by atoms with Crippen LogP contribution in [0.3, 0.4) is 0 Å². The molecule has 0 spiro atoms. The van der Waals surface area contributed by atoms with Crippen LogP contribution in [0.1, 0.15) is 44.7 Å². The molecule has 3 aromatic carbocycles. The van der Waals surface area contributed by atoms with Crippen molar-refractivity contribution in [2.75, 3.05) is 0 Å². The topological polar surface area (TPSA) is 112 Å². The molecule has 0 N–H and O–H groups in total. The van der Waals surface area contributed by atoms with E-state index in [1.165, 1.54) is 38.1 Å². The Balaban J connectivity index is 1.78. The van der Waals surface area contributed by atoms with E-state index >= 15 is 0 Å². The van der Waals surface area contributed by atoms with Crippen LogP contribution in [0.2, 0.25) is 5.02 Å². The summed E-state index contributed by atoms with van der Waals surface area (Å²) in [7, 11) is 0. The van der Waals surface area contributed by atoms with Crippen molar-refractivity contribution in [3.63, 3.8) is 0 Å². The molecule has 8 nitrogen and oxygen atoms in total. The summed E-state index contributed by atoms with van der Waals surface area (Å²) in [6.07, 6.45) is 0. The minimum Gasteiger partial charge on any atom is -0.460 e. The summed E-state index contributed by atoms with van der Waals surface area (Å²) < 4.78 is 7.78. The molecule has 0 amide bonds. The zero-order valence-corrected chi connectivity index (χ0v) is 20.8. The molecular formula is C28H19ClN2O6. The Kier molecular flexibility index (Phi) is 5.76. The normalized spacial score (nSPS) is 11.2. The maximum absolute atomic E-state index is 13.6. The zero-order chi connectivity index (χ0) is 26.6. The van der Waals surface area contributed by atoms with Gasteiger partial charge in [-0.1, -0.05) is 11.6 Å². The van der Waals surface area contributed by atoms with E-state index in [0.717, 1.165) is 5.69 Å². The number of fused-ring (bicyclic) bond motifs is 2. The van der Waals surface area contributed by atoms with E-state index in [-0.39, 0.29) is 39.3 Å². The number of halogens is 1. The van der Waals surface area contributed by atoms with Gasteiger partial charge in [0.15, 0.2) is 11.6 Å². The molecule has 0 bridgehead atoms. The lowest BCUT2D eigenvalue weighted by atomic mass is 9.99. The molecular weight excluding hydrogens is 496 g/mol. The van der Waals surface area contributed by atoms with Gasteiger partial charge in [0.05, 0.1) is 15.8 Å². The number of Topliss-reactive ketones (excluding diaryl/α,β-unsaturated/α-hetero) is 1. The second kappa shape index (κ2) is 8.83. The first-order valence-electron chi connectivity index (χ1n) is 11.3. The molecule has 184 valence electrons. The number of hydrogen-bond acceptors (Lipinski definition) is 6. The molecule has 2 aromatic heterocycles. The summed E-state index contributed by atoms with van der Waals surface area (Å²) in [5.41, 5.74) is 2.04. The Morgan fingerprint density at radius 2 is 1.59 bits per heavy atom. The van der Waals surface area contributed by atoms with Gasteiger partial charge < -0.3 is 8.98 Å². The number of nitrogens with zero attached hydrogens (tertiary/aromatic N) is 2. The molecule has 0 fully saturated rings. The van der Waals surface area contributed by atoms with Gasteiger partial charge in [0.1, 0.15) is 16.9 Å². The van der Waals surface area contributed by atoms with E-state index < -0.39 is 16.1 Å². The first kappa shape index (κ1) is 24.1. The van der Waals surface area contributed by atoms with Gasteiger partial charge in [0.25, 0.3) is 5.69 Å². The first-order valence-corrected chi connectivity index (χ1v) is 11.6. The Bertz CT molecular complexity index is 1830. The van der Waals surface area contributed by atoms with Crippen LogP contribution in [0.5, 0.6) is 0 Å². The van der Waals surface area contributed by atoms with Gasteiger partial charge >= 0.3 is 0 Å². The third kappa shape index (κ3) is 3.91. The number of carbonyl (C=O) groups is 2. The third-order valence-electron chi connectivity index (χ3n) is 6.40. The summed E-state index contributed by atoms with van der Waals surface area (Å²) in [6.45, 7) is 4.81. The van der Waals surface area contributed by atoms with Crippen LogP contribution in [0.15, 0.2) is 69.9 Å². The molecule has 5 aromatic rings. The predicted molar refractivity (Wildman–Crippen MR) is 140 cm³/mol. The number of aromatic nitrogens is 1. The van der Waals surface area contributed by atoms with Gasteiger partial charge in [-0.05, 0) is 69.3 Å². The maximum atomic E-state index is 13.6. The number of hydrogen-bond donors (Lipinski definition) is 0. The summed E-state index contributed by atoms with van der Waals surface area (Å²) in [5.74, 6) is -0.631. The molecule has 0 radical (unpaired) electrons. The number of nitro benzene ring substituents is 1. The lowest BCUT2D eigenvalue weighted by Crippen LogP contribution is -2.18. The average Bonchev–Trinajstić information content (AvgIpc) is 3.14. The predicted octanol–water partition coefficient (Wildman–Crippen LogP) is 6.35.